The van der Waals surface area contributed by atoms with Gasteiger partial charge in [0.25, 0.3) is 11.1 Å². The molecule has 1 fully saturated rings. The fourth-order valence-corrected chi connectivity index (χ4v) is 5.98. The third kappa shape index (κ3) is 5.89. The number of nitrogens with zero attached hydrogens (tertiary/aromatic N) is 1. The highest BCUT2D eigenvalue weighted by Crippen LogP contribution is 2.38. The molecule has 0 atom stereocenters. The molecule has 174 valence electrons. The van der Waals surface area contributed by atoms with Crippen molar-refractivity contribution in [1.29, 1.82) is 0 Å². The van der Waals surface area contributed by atoms with Crippen LogP contribution in [0.1, 0.15) is 22.3 Å². The van der Waals surface area contributed by atoms with Crippen LogP contribution in [-0.4, -0.2) is 16.0 Å². The first-order valence-corrected chi connectivity index (χ1v) is 13.2. The highest BCUT2D eigenvalue weighted by Gasteiger charge is 2.35. The van der Waals surface area contributed by atoms with Gasteiger partial charge in [-0.2, -0.15) is 0 Å². The van der Waals surface area contributed by atoms with Crippen molar-refractivity contribution in [2.24, 2.45) is 0 Å². The lowest BCUT2D eigenvalue weighted by molar-refractivity contribution is -0.123. The smallest absolute Gasteiger partial charge is 0.293 e. The quantitative estimate of drug-likeness (QED) is 0.253. The summed E-state index contributed by atoms with van der Waals surface area (Å²) in [6, 6.07) is 16.9. The van der Waals surface area contributed by atoms with E-state index in [4.69, 9.17) is 27.9 Å². The normalized spacial score (nSPS) is 14.9. The number of aryl methyl sites for hydroxylation is 1. The minimum Gasteiger partial charge on any atom is -0.487 e. The van der Waals surface area contributed by atoms with E-state index < -0.39 is 0 Å². The van der Waals surface area contributed by atoms with Gasteiger partial charge in [0, 0.05) is 0 Å². The van der Waals surface area contributed by atoms with Gasteiger partial charge in [0.15, 0.2) is 0 Å². The zero-order chi connectivity index (χ0) is 24.4. The predicted molar refractivity (Wildman–Crippen MR) is 145 cm³/mol. The zero-order valence-electron chi connectivity index (χ0n) is 17.8. The molecular formula is C25H17Br2Cl2NO3S. The Balaban J connectivity index is 1.50. The van der Waals surface area contributed by atoms with Crippen molar-refractivity contribution in [3.8, 4) is 5.75 Å². The molecule has 0 aliphatic carbocycles. The number of carbonyl (C=O) groups excluding carboxylic acids is 2. The second-order valence-corrected chi connectivity index (χ2v) is 11.1. The number of rotatable bonds is 6. The summed E-state index contributed by atoms with van der Waals surface area (Å²) in [7, 11) is 0. The van der Waals surface area contributed by atoms with Gasteiger partial charge in [-0.1, -0.05) is 59.1 Å². The fraction of sp³-hybridized carbons (Fsp3) is 0.120. The van der Waals surface area contributed by atoms with Crippen LogP contribution in [0.25, 0.3) is 6.08 Å². The van der Waals surface area contributed by atoms with Gasteiger partial charge in [-0.05, 0) is 97.6 Å². The molecule has 3 aromatic carbocycles. The van der Waals surface area contributed by atoms with Crippen LogP contribution < -0.4 is 4.74 Å². The number of hydrogen-bond acceptors (Lipinski definition) is 4. The van der Waals surface area contributed by atoms with Crippen molar-refractivity contribution < 1.29 is 14.3 Å². The van der Waals surface area contributed by atoms with E-state index in [1.165, 1.54) is 10.5 Å². The molecule has 1 saturated heterocycles. The van der Waals surface area contributed by atoms with Crippen molar-refractivity contribution in [1.82, 2.24) is 4.90 Å². The van der Waals surface area contributed by atoms with Crippen LogP contribution in [0.4, 0.5) is 4.79 Å². The van der Waals surface area contributed by atoms with E-state index in [1.54, 1.807) is 24.3 Å². The molecule has 0 spiro atoms. The van der Waals surface area contributed by atoms with Gasteiger partial charge in [0.2, 0.25) is 0 Å². The number of hydrogen-bond donors (Lipinski definition) is 0. The van der Waals surface area contributed by atoms with Gasteiger partial charge in [-0.15, -0.1) is 0 Å². The van der Waals surface area contributed by atoms with E-state index in [-0.39, 0.29) is 17.7 Å². The maximum absolute atomic E-state index is 12.9. The Morgan fingerprint density at radius 2 is 1.71 bits per heavy atom. The van der Waals surface area contributed by atoms with Crippen LogP contribution in [0.5, 0.6) is 5.75 Å². The average molecular weight is 642 g/mol. The molecule has 1 heterocycles. The first-order chi connectivity index (χ1) is 16.2. The summed E-state index contributed by atoms with van der Waals surface area (Å²) in [5.74, 6) is 0.305. The number of ether oxygens (including phenoxy) is 1. The molecule has 4 nitrogen and oxygen atoms in total. The van der Waals surface area contributed by atoms with E-state index >= 15 is 0 Å². The van der Waals surface area contributed by atoms with Crippen molar-refractivity contribution in [2.45, 2.75) is 20.1 Å². The highest BCUT2D eigenvalue weighted by molar-refractivity contribution is 9.11. The van der Waals surface area contributed by atoms with Crippen LogP contribution in [0.3, 0.4) is 0 Å². The number of thioether (sulfide) groups is 1. The minimum absolute atomic E-state index is 0.123. The van der Waals surface area contributed by atoms with Crippen molar-refractivity contribution in [2.75, 3.05) is 0 Å². The molecule has 3 aromatic rings. The number of imide groups is 1. The number of benzene rings is 3. The third-order valence-corrected chi connectivity index (χ3v) is 7.81. The number of amides is 2. The Kier molecular flexibility index (Phi) is 8.10. The fourth-order valence-electron chi connectivity index (χ4n) is 3.37. The summed E-state index contributed by atoms with van der Waals surface area (Å²) < 4.78 is 7.47. The zero-order valence-corrected chi connectivity index (χ0v) is 23.3. The lowest BCUT2D eigenvalue weighted by atomic mass is 10.1. The first kappa shape index (κ1) is 25.3. The number of carbonyl (C=O) groups is 2. The molecule has 0 bridgehead atoms. The highest BCUT2D eigenvalue weighted by atomic mass is 79.9. The molecule has 34 heavy (non-hydrogen) atoms. The summed E-state index contributed by atoms with van der Waals surface area (Å²) in [5.41, 5.74) is 3.71. The Morgan fingerprint density at radius 3 is 2.38 bits per heavy atom. The van der Waals surface area contributed by atoms with Crippen molar-refractivity contribution in [3.63, 3.8) is 0 Å². The molecule has 1 aliphatic heterocycles. The van der Waals surface area contributed by atoms with Crippen LogP contribution in [0.2, 0.25) is 10.0 Å². The van der Waals surface area contributed by atoms with Crippen LogP contribution >= 0.6 is 66.8 Å². The van der Waals surface area contributed by atoms with E-state index in [1.807, 2.05) is 37.3 Å². The summed E-state index contributed by atoms with van der Waals surface area (Å²) in [4.78, 5) is 27.0. The molecule has 2 amide bonds. The van der Waals surface area contributed by atoms with Crippen LogP contribution in [0, 0.1) is 6.92 Å². The summed E-state index contributed by atoms with van der Waals surface area (Å²) in [6.45, 7) is 2.58. The lowest BCUT2D eigenvalue weighted by Crippen LogP contribution is -2.27. The van der Waals surface area contributed by atoms with Crippen LogP contribution in [-0.2, 0) is 17.9 Å². The van der Waals surface area contributed by atoms with E-state index in [0.29, 0.717) is 27.3 Å². The first-order valence-electron chi connectivity index (χ1n) is 10.1. The molecule has 1 aliphatic rings. The van der Waals surface area contributed by atoms with Gasteiger partial charge in [0.05, 0.1) is 30.4 Å². The van der Waals surface area contributed by atoms with Crippen molar-refractivity contribution in [3.05, 3.63) is 101 Å². The molecule has 0 saturated carbocycles. The maximum atomic E-state index is 12.9. The second-order valence-electron chi connectivity index (χ2n) is 7.61. The SMILES string of the molecule is Cc1cccc(COc2c(Br)cc(/C=C3\SC(=O)N(Cc4ccc(Cl)c(Cl)c4)C3=O)cc2Br)c1. The predicted octanol–water partition coefficient (Wildman–Crippen LogP) is 8.64. The second kappa shape index (κ2) is 10.9. The molecule has 0 radical (unpaired) electrons. The van der Waals surface area contributed by atoms with Crippen LogP contribution in [0.15, 0.2) is 68.4 Å². The van der Waals surface area contributed by atoms with Gasteiger partial charge >= 0.3 is 0 Å². The summed E-state index contributed by atoms with van der Waals surface area (Å²) in [6.07, 6.45) is 1.69. The van der Waals surface area contributed by atoms with Gasteiger partial charge in [-0.3, -0.25) is 14.5 Å². The summed E-state index contributed by atoms with van der Waals surface area (Å²) in [5, 5.41) is 0.460. The molecule has 9 heteroatoms. The summed E-state index contributed by atoms with van der Waals surface area (Å²) >= 11 is 20.0. The standard InChI is InChI=1S/C25H17Br2Cl2NO3S/c1-14-3-2-4-16(7-14)13-33-23-18(26)8-17(9-19(23)27)11-22-24(31)30(25(32)34-22)12-15-5-6-20(28)21(29)10-15/h2-11H,12-13H2,1H3/b22-11-. The van der Waals surface area contributed by atoms with Gasteiger partial charge in [0.1, 0.15) is 12.4 Å². The largest absolute Gasteiger partial charge is 0.487 e. The molecule has 0 unspecified atom stereocenters. The van der Waals surface area contributed by atoms with E-state index in [0.717, 1.165) is 37.4 Å². The van der Waals surface area contributed by atoms with Gasteiger partial charge in [-0.25, -0.2) is 0 Å². The van der Waals surface area contributed by atoms with E-state index in [2.05, 4.69) is 37.9 Å². The minimum atomic E-state index is -0.354. The number of halogens is 4. The third-order valence-electron chi connectivity index (χ3n) is 4.98. The topological polar surface area (TPSA) is 46.6 Å². The van der Waals surface area contributed by atoms with Gasteiger partial charge < -0.3 is 4.74 Å². The Bertz CT molecular complexity index is 1310. The maximum Gasteiger partial charge on any atom is 0.293 e. The molecular weight excluding hydrogens is 625 g/mol. The monoisotopic (exact) mass is 639 g/mol. The molecule has 0 aromatic heterocycles. The Hall–Kier alpha value is -1.77. The lowest BCUT2D eigenvalue weighted by Gasteiger charge is -2.13. The van der Waals surface area contributed by atoms with Crippen molar-refractivity contribution >= 4 is 84.0 Å². The molecule has 4 rings (SSSR count). The Labute approximate surface area is 228 Å². The Morgan fingerprint density at radius 1 is 0.971 bits per heavy atom. The molecule has 0 N–H and O–H groups in total. The van der Waals surface area contributed by atoms with E-state index in [9.17, 15) is 9.59 Å². The average Bonchev–Trinajstić information content (AvgIpc) is 3.03.